The third-order valence-corrected chi connectivity index (χ3v) is 3.24. The van der Waals surface area contributed by atoms with Crippen LogP contribution in [-0.4, -0.2) is 11.1 Å². The zero-order chi connectivity index (χ0) is 15.2. The van der Waals surface area contributed by atoms with E-state index in [1.54, 1.807) is 18.2 Å². The van der Waals surface area contributed by atoms with E-state index in [-0.39, 0.29) is 0 Å². The number of carbonyl (C=O) groups is 1. The number of ether oxygens (including phenoxy) is 1. The van der Waals surface area contributed by atoms with Crippen molar-refractivity contribution in [3.8, 4) is 17.6 Å². The Balaban J connectivity index is 2.29. The number of hydrogen-bond acceptors (Lipinski definition) is 3. The Morgan fingerprint density at radius 3 is 2.76 bits per heavy atom. The van der Waals surface area contributed by atoms with Gasteiger partial charge in [0.1, 0.15) is 17.6 Å². The smallest absolute Gasteiger partial charge is 0.328 e. The third kappa shape index (κ3) is 4.33. The van der Waals surface area contributed by atoms with Crippen LogP contribution in [0.25, 0.3) is 6.08 Å². The third-order valence-electron chi connectivity index (χ3n) is 2.57. The number of hydrogen-bond donors (Lipinski definition) is 1. The molecule has 5 heteroatoms. The second-order valence-electron chi connectivity index (χ2n) is 4.10. The van der Waals surface area contributed by atoms with E-state index in [2.05, 4.69) is 28.7 Å². The minimum atomic E-state index is -1.03. The van der Waals surface area contributed by atoms with Crippen LogP contribution in [0.1, 0.15) is 11.1 Å². The first-order valence-electron chi connectivity index (χ1n) is 5.97. The molecule has 0 heterocycles. The van der Waals surface area contributed by atoms with Crippen molar-refractivity contribution in [2.75, 3.05) is 0 Å². The van der Waals surface area contributed by atoms with Crippen LogP contribution in [0.15, 0.2) is 48.5 Å². The van der Waals surface area contributed by atoms with Gasteiger partial charge in [-0.3, -0.25) is 0 Å². The molecule has 0 unspecified atom stereocenters. The van der Waals surface area contributed by atoms with Gasteiger partial charge >= 0.3 is 5.97 Å². The molecule has 2 aromatic rings. The minimum absolute atomic E-state index is 0.349. The molecular weight excluding hydrogens is 381 g/mol. The highest BCUT2D eigenvalue weighted by Gasteiger charge is 2.06. The normalized spacial score (nSPS) is 10.3. The van der Waals surface area contributed by atoms with E-state index in [0.717, 1.165) is 9.65 Å². The number of nitrogens with zero attached hydrogens (tertiary/aromatic N) is 1. The van der Waals surface area contributed by atoms with E-state index in [1.165, 1.54) is 6.08 Å². The van der Waals surface area contributed by atoms with Crippen LogP contribution in [0.4, 0.5) is 0 Å². The first-order chi connectivity index (χ1) is 10.1. The van der Waals surface area contributed by atoms with Crippen molar-refractivity contribution in [3.63, 3.8) is 0 Å². The van der Waals surface area contributed by atoms with Crippen molar-refractivity contribution in [3.05, 3.63) is 63.2 Å². The maximum absolute atomic E-state index is 10.5. The van der Waals surface area contributed by atoms with Crippen molar-refractivity contribution in [1.29, 1.82) is 5.26 Å². The lowest BCUT2D eigenvalue weighted by Crippen LogP contribution is -1.90. The Labute approximate surface area is 135 Å². The van der Waals surface area contributed by atoms with Gasteiger partial charge in [0, 0.05) is 9.65 Å². The molecule has 0 radical (unpaired) electrons. The average Bonchev–Trinajstić information content (AvgIpc) is 2.46. The molecule has 0 aliphatic heterocycles. The molecule has 0 amide bonds. The average molecular weight is 391 g/mol. The van der Waals surface area contributed by atoms with Crippen LogP contribution in [-0.2, 0) is 4.79 Å². The summed E-state index contributed by atoms with van der Waals surface area (Å²) in [4.78, 5) is 10.5. The van der Waals surface area contributed by atoms with Crippen LogP contribution < -0.4 is 4.74 Å². The van der Waals surface area contributed by atoms with Crippen LogP contribution in [0.5, 0.6) is 11.5 Å². The monoisotopic (exact) mass is 391 g/mol. The molecule has 0 aliphatic rings. The fraction of sp³-hybridized carbons (Fsp3) is 0. The molecule has 104 valence electrons. The predicted molar refractivity (Wildman–Crippen MR) is 87.1 cm³/mol. The Kier molecular flexibility index (Phi) is 4.95. The molecule has 0 saturated carbocycles. The summed E-state index contributed by atoms with van der Waals surface area (Å²) in [6.07, 6.45) is 2.45. The first-order valence-corrected chi connectivity index (χ1v) is 7.05. The molecule has 0 atom stereocenters. The fourth-order valence-corrected chi connectivity index (χ4v) is 2.17. The van der Waals surface area contributed by atoms with Gasteiger partial charge in [0.05, 0.1) is 5.56 Å². The molecule has 21 heavy (non-hydrogen) atoms. The summed E-state index contributed by atoms with van der Waals surface area (Å²) in [6.45, 7) is 0. The highest BCUT2D eigenvalue weighted by atomic mass is 127. The van der Waals surface area contributed by atoms with Gasteiger partial charge in [-0.15, -0.1) is 0 Å². The summed E-state index contributed by atoms with van der Waals surface area (Å²) in [5.41, 5.74) is 0.977. The maximum atomic E-state index is 10.5. The van der Waals surface area contributed by atoms with Gasteiger partial charge in [0.2, 0.25) is 0 Å². The quantitative estimate of drug-likeness (QED) is 0.631. The molecule has 0 aromatic heterocycles. The SMILES string of the molecule is N#Cc1cc(/C=C/C(=O)O)ccc1Oc1cccc(I)c1. The fourth-order valence-electron chi connectivity index (χ4n) is 1.65. The number of rotatable bonds is 4. The molecule has 2 rings (SSSR count). The van der Waals surface area contributed by atoms with Crippen molar-refractivity contribution in [2.45, 2.75) is 0 Å². The number of halogens is 1. The molecule has 0 bridgehead atoms. The first kappa shape index (κ1) is 15.1. The Bertz CT molecular complexity index is 747. The molecule has 0 saturated heterocycles. The lowest BCUT2D eigenvalue weighted by atomic mass is 10.1. The highest BCUT2D eigenvalue weighted by Crippen LogP contribution is 2.27. The summed E-state index contributed by atoms with van der Waals surface area (Å²) in [7, 11) is 0. The standard InChI is InChI=1S/C16H10INO3/c17-13-2-1-3-14(9-13)21-15-6-4-11(5-7-16(19)20)8-12(15)10-18/h1-9H,(H,19,20)/b7-5+. The summed E-state index contributed by atoms with van der Waals surface area (Å²) in [5, 5.41) is 17.8. The molecule has 1 N–H and O–H groups in total. The molecular formula is C16H10INO3. The zero-order valence-electron chi connectivity index (χ0n) is 10.8. The number of nitriles is 1. The van der Waals surface area contributed by atoms with Gasteiger partial charge < -0.3 is 9.84 Å². The van der Waals surface area contributed by atoms with E-state index in [9.17, 15) is 10.1 Å². The second-order valence-corrected chi connectivity index (χ2v) is 5.34. The van der Waals surface area contributed by atoms with E-state index >= 15 is 0 Å². The highest BCUT2D eigenvalue weighted by molar-refractivity contribution is 14.1. The van der Waals surface area contributed by atoms with Crippen LogP contribution >= 0.6 is 22.6 Å². The van der Waals surface area contributed by atoms with Gasteiger partial charge in [0.15, 0.2) is 0 Å². The van der Waals surface area contributed by atoms with E-state index < -0.39 is 5.97 Å². The number of aliphatic carboxylic acids is 1. The van der Waals surface area contributed by atoms with Gasteiger partial charge in [-0.25, -0.2) is 4.79 Å². The summed E-state index contributed by atoms with van der Waals surface area (Å²) in [6, 6.07) is 14.5. The zero-order valence-corrected chi connectivity index (χ0v) is 12.9. The Hall–Kier alpha value is -2.33. The van der Waals surface area contributed by atoms with Gasteiger partial charge in [0.25, 0.3) is 0 Å². The van der Waals surface area contributed by atoms with Gasteiger partial charge in [-0.05, 0) is 64.6 Å². The van der Waals surface area contributed by atoms with Crippen LogP contribution in [0.3, 0.4) is 0 Å². The summed E-state index contributed by atoms with van der Waals surface area (Å²) >= 11 is 2.18. The number of benzene rings is 2. The van der Waals surface area contributed by atoms with E-state index in [4.69, 9.17) is 9.84 Å². The second kappa shape index (κ2) is 6.90. The number of carboxylic acid groups (broad SMARTS) is 1. The maximum Gasteiger partial charge on any atom is 0.328 e. The lowest BCUT2D eigenvalue weighted by molar-refractivity contribution is -0.131. The summed E-state index contributed by atoms with van der Waals surface area (Å²) < 4.78 is 6.73. The van der Waals surface area contributed by atoms with E-state index in [1.807, 2.05) is 24.3 Å². The van der Waals surface area contributed by atoms with Crippen molar-refractivity contribution < 1.29 is 14.6 Å². The van der Waals surface area contributed by atoms with Crippen molar-refractivity contribution in [2.24, 2.45) is 0 Å². The minimum Gasteiger partial charge on any atom is -0.478 e. The van der Waals surface area contributed by atoms with Crippen molar-refractivity contribution >= 4 is 34.6 Å². The van der Waals surface area contributed by atoms with E-state index in [0.29, 0.717) is 22.6 Å². The van der Waals surface area contributed by atoms with Gasteiger partial charge in [-0.1, -0.05) is 12.1 Å². The Morgan fingerprint density at radius 2 is 2.10 bits per heavy atom. The largest absolute Gasteiger partial charge is 0.478 e. The summed E-state index contributed by atoms with van der Waals surface area (Å²) in [5.74, 6) is 0.0481. The van der Waals surface area contributed by atoms with Crippen LogP contribution in [0, 0.1) is 14.9 Å². The lowest BCUT2D eigenvalue weighted by Gasteiger charge is -2.08. The molecule has 4 nitrogen and oxygen atoms in total. The van der Waals surface area contributed by atoms with Gasteiger partial charge in [-0.2, -0.15) is 5.26 Å². The molecule has 0 spiro atoms. The number of carboxylic acids is 1. The van der Waals surface area contributed by atoms with Crippen molar-refractivity contribution in [1.82, 2.24) is 0 Å². The molecule has 0 fully saturated rings. The predicted octanol–water partition coefficient (Wildman–Crippen LogP) is 4.05. The van der Waals surface area contributed by atoms with Crippen LogP contribution in [0.2, 0.25) is 0 Å². The topological polar surface area (TPSA) is 70.3 Å². The Morgan fingerprint density at radius 1 is 1.29 bits per heavy atom. The molecule has 0 aliphatic carbocycles. The molecule has 2 aromatic carbocycles.